The summed E-state index contributed by atoms with van der Waals surface area (Å²) in [5, 5.41) is 4.42. The van der Waals surface area contributed by atoms with E-state index in [9.17, 15) is 9.00 Å². The van der Waals surface area contributed by atoms with Crippen LogP contribution in [0, 0.1) is 5.92 Å². The Hall–Kier alpha value is -3.07. The van der Waals surface area contributed by atoms with Gasteiger partial charge in [-0.3, -0.25) is 9.00 Å². The van der Waals surface area contributed by atoms with Crippen LogP contribution in [0.4, 0.5) is 5.95 Å². The quantitative estimate of drug-likeness (QED) is 0.281. The van der Waals surface area contributed by atoms with Gasteiger partial charge in [-0.15, -0.1) is 0 Å². The van der Waals surface area contributed by atoms with Crippen molar-refractivity contribution in [2.45, 2.75) is 38.1 Å². The van der Waals surface area contributed by atoms with Crippen LogP contribution in [0.1, 0.15) is 32.1 Å². The molecule has 4 rings (SSSR count). The monoisotopic (exact) mass is 484 g/mol. The first-order chi connectivity index (χ1) is 16.3. The highest BCUT2D eigenvalue weighted by Crippen LogP contribution is 2.29. The van der Waals surface area contributed by atoms with Crippen molar-refractivity contribution in [1.29, 1.82) is 0 Å². The molecular weight excluding hydrogens is 452 g/mol. The third-order valence-corrected chi connectivity index (χ3v) is 7.31. The number of fused-ring (bicyclic) bond motifs is 1. The number of rotatable bonds is 9. The number of nitrogens with zero attached hydrogens (tertiary/aromatic N) is 3. The van der Waals surface area contributed by atoms with Crippen LogP contribution >= 0.6 is 0 Å². The Morgan fingerprint density at radius 3 is 2.76 bits per heavy atom. The van der Waals surface area contributed by atoms with Crippen molar-refractivity contribution in [2.75, 3.05) is 31.0 Å². The predicted octanol–water partition coefficient (Wildman–Crippen LogP) is 3.68. The molecule has 1 aliphatic rings. The van der Waals surface area contributed by atoms with E-state index in [0.29, 0.717) is 24.7 Å². The zero-order valence-electron chi connectivity index (χ0n) is 19.7. The summed E-state index contributed by atoms with van der Waals surface area (Å²) in [7, 11) is -0.556. The van der Waals surface area contributed by atoms with Crippen LogP contribution in [0.25, 0.3) is 16.7 Å². The molecule has 1 aromatic carbocycles. The van der Waals surface area contributed by atoms with E-state index in [-0.39, 0.29) is 17.9 Å². The molecule has 1 saturated carbocycles. The molecule has 34 heavy (non-hydrogen) atoms. The fourth-order valence-corrected chi connectivity index (χ4v) is 5.12. The molecule has 8 nitrogen and oxygen atoms in total. The molecule has 0 bridgehead atoms. The van der Waals surface area contributed by atoms with E-state index in [1.807, 2.05) is 41.1 Å². The van der Waals surface area contributed by atoms with Gasteiger partial charge in [-0.2, -0.15) is 4.98 Å². The maximum atomic E-state index is 11.8. The van der Waals surface area contributed by atoms with Gasteiger partial charge < -0.3 is 19.4 Å². The van der Waals surface area contributed by atoms with Crippen LogP contribution in [0.2, 0.25) is 0 Å². The topological polar surface area (TPSA) is 95.3 Å². The molecule has 0 radical (unpaired) electrons. The number of aromatic nitrogens is 3. The summed E-state index contributed by atoms with van der Waals surface area (Å²) in [5.74, 6) is 6.23. The number of nitrogens with one attached hydrogen (secondary N) is 1. The summed E-state index contributed by atoms with van der Waals surface area (Å²) >= 11 is 0. The summed E-state index contributed by atoms with van der Waals surface area (Å²) in [6.07, 6.45) is 9.45. The van der Waals surface area contributed by atoms with Gasteiger partial charge in [-0.05, 0) is 71.8 Å². The minimum Gasteiger partial charge on any atom is -0.493 e. The number of methoxy groups -OCH3 is 1. The molecule has 0 amide bonds. The lowest BCUT2D eigenvalue weighted by Gasteiger charge is -2.27. The van der Waals surface area contributed by atoms with Crippen molar-refractivity contribution in [3.63, 3.8) is 0 Å². The van der Waals surface area contributed by atoms with Crippen LogP contribution in [0.15, 0.2) is 42.7 Å². The van der Waals surface area contributed by atoms with Gasteiger partial charge in [0.15, 0.2) is 0 Å². The van der Waals surface area contributed by atoms with Crippen LogP contribution < -0.4 is 10.1 Å². The molecule has 0 aliphatic heterocycles. The standard InChI is InChI=1S/C25H32N4O4S/c1-32-24(30)18-8-10-19(11-9-18)27-25-26-14-12-23(28-25)29-15-13-20-21(29)6-4-7-22(20)33-16-5-17-34(2,3)31/h4,6-7,12-15,18-19H,2,5,8-11,16-17H2,1,3H3,(H,26,27,28)/t18-,19+,34?. The van der Waals surface area contributed by atoms with Crippen molar-refractivity contribution in [3.05, 3.63) is 42.7 Å². The van der Waals surface area contributed by atoms with Crippen LogP contribution in [0.5, 0.6) is 5.75 Å². The van der Waals surface area contributed by atoms with E-state index >= 15 is 0 Å². The molecule has 2 aromatic heterocycles. The van der Waals surface area contributed by atoms with E-state index < -0.39 is 9.52 Å². The minimum atomic E-state index is -2.00. The van der Waals surface area contributed by atoms with Crippen LogP contribution in [-0.2, 0) is 19.1 Å². The fourth-order valence-electron chi connectivity index (χ4n) is 4.39. The highest BCUT2D eigenvalue weighted by Gasteiger charge is 2.27. The molecule has 2 heterocycles. The van der Waals surface area contributed by atoms with E-state index in [4.69, 9.17) is 14.5 Å². The number of ether oxygens (including phenoxy) is 2. The molecule has 1 N–H and O–H groups in total. The molecule has 0 spiro atoms. The first-order valence-corrected chi connectivity index (χ1v) is 13.8. The molecule has 1 unspecified atom stereocenters. The second kappa shape index (κ2) is 10.5. The number of anilines is 1. The Bertz CT molecular complexity index is 1250. The zero-order chi connectivity index (χ0) is 24.1. The van der Waals surface area contributed by atoms with Crippen molar-refractivity contribution in [2.24, 2.45) is 5.92 Å². The third-order valence-electron chi connectivity index (χ3n) is 6.15. The average Bonchev–Trinajstić information content (AvgIpc) is 3.26. The lowest BCUT2D eigenvalue weighted by molar-refractivity contribution is -0.146. The molecule has 3 aromatic rings. The summed E-state index contributed by atoms with van der Waals surface area (Å²) in [5.41, 5.74) is 0.984. The lowest BCUT2D eigenvalue weighted by atomic mass is 9.86. The molecular formula is C25H32N4O4S. The molecule has 9 heteroatoms. The molecule has 1 aliphatic carbocycles. The summed E-state index contributed by atoms with van der Waals surface area (Å²) < 4.78 is 24.6. The van der Waals surface area contributed by atoms with Gasteiger partial charge in [0.1, 0.15) is 11.6 Å². The van der Waals surface area contributed by atoms with Gasteiger partial charge in [0, 0.05) is 35.8 Å². The number of esters is 1. The van der Waals surface area contributed by atoms with Gasteiger partial charge in [-0.1, -0.05) is 6.07 Å². The average molecular weight is 485 g/mol. The second-order valence-corrected chi connectivity index (χ2v) is 11.7. The van der Waals surface area contributed by atoms with E-state index in [2.05, 4.69) is 16.2 Å². The van der Waals surface area contributed by atoms with Crippen molar-refractivity contribution < 1.29 is 18.5 Å². The Morgan fingerprint density at radius 2 is 2.03 bits per heavy atom. The lowest BCUT2D eigenvalue weighted by Crippen LogP contribution is -2.30. The highest BCUT2D eigenvalue weighted by molar-refractivity contribution is 7.99. The third kappa shape index (κ3) is 5.88. The summed E-state index contributed by atoms with van der Waals surface area (Å²) in [6.45, 7) is 0.491. The molecule has 0 saturated heterocycles. The summed E-state index contributed by atoms with van der Waals surface area (Å²) in [4.78, 5) is 20.9. The molecule has 1 fully saturated rings. The van der Waals surface area contributed by atoms with Gasteiger partial charge in [-0.25, -0.2) is 4.98 Å². The number of benzene rings is 1. The van der Waals surface area contributed by atoms with Crippen molar-refractivity contribution in [1.82, 2.24) is 14.5 Å². The predicted molar refractivity (Wildman–Crippen MR) is 136 cm³/mol. The Labute approximate surface area is 200 Å². The maximum Gasteiger partial charge on any atom is 0.308 e. The van der Waals surface area contributed by atoms with E-state index in [0.717, 1.165) is 48.2 Å². The Morgan fingerprint density at radius 1 is 1.24 bits per heavy atom. The molecule has 1 atom stereocenters. The van der Waals surface area contributed by atoms with Crippen molar-refractivity contribution in [3.8, 4) is 11.6 Å². The number of carbonyl (C=O) groups excluding carboxylic acids is 1. The maximum absolute atomic E-state index is 11.8. The largest absolute Gasteiger partial charge is 0.493 e. The van der Waals surface area contributed by atoms with Gasteiger partial charge >= 0.3 is 5.97 Å². The van der Waals surface area contributed by atoms with Gasteiger partial charge in [0.05, 0.1) is 25.2 Å². The molecule has 182 valence electrons. The zero-order valence-corrected chi connectivity index (χ0v) is 20.6. The number of hydrogen-bond acceptors (Lipinski definition) is 7. The Kier molecular flexibility index (Phi) is 7.41. The van der Waals surface area contributed by atoms with E-state index in [1.54, 1.807) is 12.5 Å². The van der Waals surface area contributed by atoms with Gasteiger partial charge in [0.2, 0.25) is 5.95 Å². The van der Waals surface area contributed by atoms with E-state index in [1.165, 1.54) is 7.11 Å². The smallest absolute Gasteiger partial charge is 0.308 e. The first-order valence-electron chi connectivity index (χ1n) is 11.5. The Balaban J connectivity index is 1.44. The number of hydrogen-bond donors (Lipinski definition) is 1. The minimum absolute atomic E-state index is 0.0114. The highest BCUT2D eigenvalue weighted by atomic mass is 32.2. The van der Waals surface area contributed by atoms with Crippen LogP contribution in [0.3, 0.4) is 0 Å². The normalized spacial score (nSPS) is 19.9. The second-order valence-electron chi connectivity index (χ2n) is 8.92. The van der Waals surface area contributed by atoms with Crippen LogP contribution in [-0.4, -0.2) is 62.4 Å². The first kappa shape index (κ1) is 24.1. The summed E-state index contributed by atoms with van der Waals surface area (Å²) in [6, 6.07) is 10.0. The SMILES string of the molecule is C=S(C)(=O)CCCOc1cccc2c1ccn2-c1ccnc(N[C@H]2CC[C@@H](C(=O)OC)CC2)n1. The van der Waals surface area contributed by atoms with Crippen molar-refractivity contribution >= 4 is 38.2 Å². The fraction of sp³-hybridized carbons (Fsp3) is 0.440. The number of carbonyl (C=O) groups is 1. The van der Waals surface area contributed by atoms with Gasteiger partial charge in [0.25, 0.3) is 0 Å².